The van der Waals surface area contributed by atoms with Crippen LogP contribution in [0.3, 0.4) is 0 Å². The van der Waals surface area contributed by atoms with E-state index in [1.54, 1.807) is 0 Å². The number of carbonyl (C=O) groups excluding carboxylic acids is 1. The number of alkyl halides is 3. The molecule has 2 atom stereocenters. The number of nitrogens with one attached hydrogen (secondary N) is 1. The van der Waals surface area contributed by atoms with E-state index in [0.717, 1.165) is 12.1 Å². The molecule has 2 rings (SSSR count). The van der Waals surface area contributed by atoms with Crippen molar-refractivity contribution in [2.75, 3.05) is 18.2 Å². The number of anilines is 1. The van der Waals surface area contributed by atoms with Gasteiger partial charge in [-0.15, -0.1) is 0 Å². The van der Waals surface area contributed by atoms with E-state index >= 15 is 0 Å². The molecule has 0 aromatic heterocycles. The number of benzene rings is 2. The standard InChI is InChI=1S/C18H18F3NO4S/c1-12(23)22-14-5-9-16(10-6-14)27(25)11-17(24,18(19,20)21)13-3-7-15(26-2)8-4-13/h3-10,24H,11H2,1-2H3,(H,22,23). The Hall–Kier alpha value is -2.39. The Balaban J connectivity index is 2.29. The van der Waals surface area contributed by atoms with Gasteiger partial charge < -0.3 is 15.2 Å². The predicted molar refractivity (Wildman–Crippen MR) is 95.0 cm³/mol. The third-order valence-electron chi connectivity index (χ3n) is 3.81. The minimum Gasteiger partial charge on any atom is -0.497 e. The van der Waals surface area contributed by atoms with Crippen LogP contribution in [0.1, 0.15) is 12.5 Å². The summed E-state index contributed by atoms with van der Waals surface area (Å²) in [4.78, 5) is 11.1. The molecule has 2 aromatic carbocycles. The number of rotatable bonds is 6. The fourth-order valence-electron chi connectivity index (χ4n) is 2.36. The highest BCUT2D eigenvalue weighted by Crippen LogP contribution is 2.40. The van der Waals surface area contributed by atoms with Crippen LogP contribution in [-0.4, -0.2) is 34.3 Å². The van der Waals surface area contributed by atoms with Crippen LogP contribution >= 0.6 is 0 Å². The fourth-order valence-corrected chi connectivity index (χ4v) is 3.68. The summed E-state index contributed by atoms with van der Waals surface area (Å²) in [6.07, 6.45) is -5.03. The van der Waals surface area contributed by atoms with E-state index in [1.807, 2.05) is 0 Å². The van der Waals surface area contributed by atoms with Crippen molar-refractivity contribution in [3.8, 4) is 5.75 Å². The second kappa shape index (κ2) is 8.10. The molecule has 2 aromatic rings. The van der Waals surface area contributed by atoms with Crippen LogP contribution in [0.2, 0.25) is 0 Å². The highest BCUT2D eigenvalue weighted by atomic mass is 32.2. The molecule has 0 aliphatic rings. The first-order valence-corrected chi connectivity index (χ1v) is 9.08. The highest BCUT2D eigenvalue weighted by molar-refractivity contribution is 7.85. The van der Waals surface area contributed by atoms with Crippen molar-refractivity contribution < 1.29 is 32.0 Å². The van der Waals surface area contributed by atoms with Gasteiger partial charge in [0.25, 0.3) is 0 Å². The number of methoxy groups -OCH3 is 1. The quantitative estimate of drug-likeness (QED) is 0.780. The lowest BCUT2D eigenvalue weighted by Crippen LogP contribution is -2.46. The fraction of sp³-hybridized carbons (Fsp3) is 0.278. The van der Waals surface area contributed by atoms with Gasteiger partial charge in [-0.05, 0) is 42.0 Å². The minimum atomic E-state index is -5.03. The van der Waals surface area contributed by atoms with Crippen molar-refractivity contribution in [3.05, 3.63) is 54.1 Å². The molecule has 0 heterocycles. The summed E-state index contributed by atoms with van der Waals surface area (Å²) in [5.41, 5.74) is -3.30. The molecule has 9 heteroatoms. The van der Waals surface area contributed by atoms with Crippen LogP contribution < -0.4 is 10.1 Å². The van der Waals surface area contributed by atoms with Crippen molar-refractivity contribution in [3.63, 3.8) is 0 Å². The molecule has 146 valence electrons. The van der Waals surface area contributed by atoms with Gasteiger partial charge in [0.05, 0.1) is 23.7 Å². The number of hydrogen-bond donors (Lipinski definition) is 2. The van der Waals surface area contributed by atoms with Crippen LogP contribution in [0.4, 0.5) is 18.9 Å². The molecule has 2 N–H and O–H groups in total. The molecule has 27 heavy (non-hydrogen) atoms. The Labute approximate surface area is 156 Å². The molecule has 0 radical (unpaired) electrons. The van der Waals surface area contributed by atoms with E-state index in [-0.39, 0.29) is 10.8 Å². The Morgan fingerprint density at radius 1 is 1.11 bits per heavy atom. The van der Waals surface area contributed by atoms with E-state index in [1.165, 1.54) is 50.4 Å². The SMILES string of the molecule is COc1ccc(C(O)(CS(=O)c2ccc(NC(C)=O)cc2)C(F)(F)F)cc1. The molecule has 0 aliphatic carbocycles. The summed E-state index contributed by atoms with van der Waals surface area (Å²) >= 11 is 0. The normalized spacial score (nSPS) is 14.9. The van der Waals surface area contributed by atoms with Crippen LogP contribution in [0.15, 0.2) is 53.4 Å². The van der Waals surface area contributed by atoms with Gasteiger partial charge in [-0.1, -0.05) is 12.1 Å². The molecule has 0 fully saturated rings. The van der Waals surface area contributed by atoms with Gasteiger partial charge in [-0.2, -0.15) is 13.2 Å². The Morgan fingerprint density at radius 2 is 1.67 bits per heavy atom. The van der Waals surface area contributed by atoms with E-state index < -0.39 is 33.9 Å². The predicted octanol–water partition coefficient (Wildman–Crippen LogP) is 3.21. The molecule has 0 saturated carbocycles. The Bertz CT molecular complexity index is 822. The maximum Gasteiger partial charge on any atom is 0.422 e. The second-order valence-corrected chi connectivity index (χ2v) is 7.23. The average Bonchev–Trinajstić information content (AvgIpc) is 2.60. The summed E-state index contributed by atoms with van der Waals surface area (Å²) < 4.78 is 58.2. The van der Waals surface area contributed by atoms with Crippen molar-refractivity contribution in [1.29, 1.82) is 0 Å². The zero-order valence-electron chi connectivity index (χ0n) is 14.5. The van der Waals surface area contributed by atoms with Crippen LogP contribution in [0.25, 0.3) is 0 Å². The number of ether oxygens (including phenoxy) is 1. The van der Waals surface area contributed by atoms with Crippen molar-refractivity contribution in [2.45, 2.75) is 23.6 Å². The third kappa shape index (κ3) is 4.86. The van der Waals surface area contributed by atoms with Crippen LogP contribution in [0.5, 0.6) is 5.75 Å². The van der Waals surface area contributed by atoms with Gasteiger partial charge >= 0.3 is 6.18 Å². The molecule has 0 saturated heterocycles. The molecule has 0 aliphatic heterocycles. The molecule has 2 unspecified atom stereocenters. The maximum absolute atomic E-state index is 13.6. The van der Waals surface area contributed by atoms with Gasteiger partial charge in [0, 0.05) is 17.5 Å². The van der Waals surface area contributed by atoms with Crippen LogP contribution in [0, 0.1) is 0 Å². The Kier molecular flexibility index (Phi) is 6.27. The van der Waals surface area contributed by atoms with Crippen molar-refractivity contribution >= 4 is 22.4 Å². The maximum atomic E-state index is 13.6. The van der Waals surface area contributed by atoms with E-state index in [9.17, 15) is 27.3 Å². The molecule has 5 nitrogen and oxygen atoms in total. The zero-order valence-corrected chi connectivity index (χ0v) is 15.4. The third-order valence-corrected chi connectivity index (χ3v) is 5.29. The zero-order chi connectivity index (χ0) is 20.2. The van der Waals surface area contributed by atoms with Crippen molar-refractivity contribution in [2.24, 2.45) is 0 Å². The van der Waals surface area contributed by atoms with E-state index in [0.29, 0.717) is 11.4 Å². The van der Waals surface area contributed by atoms with E-state index in [2.05, 4.69) is 5.32 Å². The largest absolute Gasteiger partial charge is 0.497 e. The van der Waals surface area contributed by atoms with Gasteiger partial charge in [-0.25, -0.2) is 0 Å². The Morgan fingerprint density at radius 3 is 2.11 bits per heavy atom. The van der Waals surface area contributed by atoms with Gasteiger partial charge in [0.1, 0.15) is 5.75 Å². The van der Waals surface area contributed by atoms with Crippen molar-refractivity contribution in [1.82, 2.24) is 0 Å². The number of hydrogen-bond acceptors (Lipinski definition) is 4. The highest BCUT2D eigenvalue weighted by Gasteiger charge is 2.56. The lowest BCUT2D eigenvalue weighted by atomic mass is 9.95. The molecular weight excluding hydrogens is 383 g/mol. The summed E-state index contributed by atoms with van der Waals surface area (Å²) in [6.45, 7) is 1.31. The smallest absolute Gasteiger partial charge is 0.422 e. The number of halogens is 3. The summed E-state index contributed by atoms with van der Waals surface area (Å²) in [5.74, 6) is -1.05. The summed E-state index contributed by atoms with van der Waals surface area (Å²) in [7, 11) is -0.776. The van der Waals surface area contributed by atoms with Crippen LogP contribution in [-0.2, 0) is 21.2 Å². The first-order chi connectivity index (χ1) is 12.6. The molecular formula is C18H18F3NO4S. The molecule has 1 amide bonds. The molecule has 0 bridgehead atoms. The first kappa shape index (κ1) is 20.9. The summed E-state index contributed by atoms with van der Waals surface area (Å²) in [5, 5.41) is 12.9. The lowest BCUT2D eigenvalue weighted by molar-refractivity contribution is -0.256. The first-order valence-electron chi connectivity index (χ1n) is 7.76. The number of carbonyl (C=O) groups is 1. The second-order valence-electron chi connectivity index (χ2n) is 5.78. The van der Waals surface area contributed by atoms with E-state index in [4.69, 9.17) is 4.74 Å². The number of aliphatic hydroxyl groups is 1. The van der Waals surface area contributed by atoms with Gasteiger partial charge in [0.2, 0.25) is 5.91 Å². The minimum absolute atomic E-state index is 0.0975. The van der Waals surface area contributed by atoms with Gasteiger partial charge in [-0.3, -0.25) is 9.00 Å². The summed E-state index contributed by atoms with van der Waals surface area (Å²) in [6, 6.07) is 10.3. The molecule has 0 spiro atoms. The number of amides is 1. The lowest BCUT2D eigenvalue weighted by Gasteiger charge is -2.30. The average molecular weight is 401 g/mol. The topological polar surface area (TPSA) is 75.6 Å². The van der Waals surface area contributed by atoms with Gasteiger partial charge in [0.15, 0.2) is 5.60 Å². The monoisotopic (exact) mass is 401 g/mol.